The summed E-state index contributed by atoms with van der Waals surface area (Å²) in [6.45, 7) is 8.95. The summed E-state index contributed by atoms with van der Waals surface area (Å²) in [5.74, 6) is -0.128. The van der Waals surface area contributed by atoms with Gasteiger partial charge in [0.05, 0.1) is 25.7 Å². The van der Waals surface area contributed by atoms with E-state index >= 15 is 0 Å². The highest BCUT2D eigenvalue weighted by molar-refractivity contribution is 5.74. The van der Waals surface area contributed by atoms with Crippen LogP contribution in [0.4, 0.5) is 0 Å². The Morgan fingerprint density at radius 2 is 2.06 bits per heavy atom. The number of hydrogen-bond acceptors (Lipinski definition) is 4. The molecule has 2 atom stereocenters. The Morgan fingerprint density at radius 1 is 1.31 bits per heavy atom. The molecule has 1 aliphatic rings. The van der Waals surface area contributed by atoms with Gasteiger partial charge in [-0.3, -0.25) is 4.79 Å². The maximum atomic E-state index is 11.7. The molecular weight excluding hydrogens is 208 g/mol. The fourth-order valence-electron chi connectivity index (χ4n) is 1.99. The molecule has 0 saturated heterocycles. The van der Waals surface area contributed by atoms with Crippen LogP contribution in [0.5, 0.6) is 0 Å². The third-order valence-corrected chi connectivity index (χ3v) is 2.70. The standard InChI is InChI=1S/C12H20O4/c1-4-14-12(13)11-7-9(3)6-10(11)8-16-15-5-2/h10-11H,3-8H2,1-2H3/t10-,11+/m1/s1. The lowest BCUT2D eigenvalue weighted by Gasteiger charge is -2.16. The molecule has 92 valence electrons. The van der Waals surface area contributed by atoms with Crippen molar-refractivity contribution in [3.8, 4) is 0 Å². The maximum absolute atomic E-state index is 11.7. The van der Waals surface area contributed by atoms with Crippen molar-refractivity contribution in [1.29, 1.82) is 0 Å². The number of ether oxygens (including phenoxy) is 1. The first kappa shape index (κ1) is 13.2. The van der Waals surface area contributed by atoms with Crippen molar-refractivity contribution >= 4 is 5.97 Å². The summed E-state index contributed by atoms with van der Waals surface area (Å²) in [5.41, 5.74) is 1.09. The van der Waals surface area contributed by atoms with E-state index in [9.17, 15) is 4.79 Å². The van der Waals surface area contributed by atoms with Gasteiger partial charge in [0.1, 0.15) is 0 Å². The highest BCUT2D eigenvalue weighted by Gasteiger charge is 2.36. The number of esters is 1. The first-order valence-electron chi connectivity index (χ1n) is 5.76. The minimum absolute atomic E-state index is 0.118. The molecule has 0 N–H and O–H groups in total. The minimum atomic E-state index is -0.147. The molecule has 0 amide bonds. The Balaban J connectivity index is 2.45. The van der Waals surface area contributed by atoms with Crippen molar-refractivity contribution < 1.29 is 19.3 Å². The Kier molecular flexibility index (Phi) is 5.49. The van der Waals surface area contributed by atoms with Crippen LogP contribution in [0.15, 0.2) is 12.2 Å². The van der Waals surface area contributed by atoms with Crippen LogP contribution in [0.2, 0.25) is 0 Å². The maximum Gasteiger partial charge on any atom is 0.309 e. The molecule has 0 bridgehead atoms. The Hall–Kier alpha value is -0.870. The fourth-order valence-corrected chi connectivity index (χ4v) is 1.99. The molecule has 0 aliphatic heterocycles. The van der Waals surface area contributed by atoms with Crippen LogP contribution in [0.3, 0.4) is 0 Å². The van der Waals surface area contributed by atoms with E-state index in [0.29, 0.717) is 26.2 Å². The summed E-state index contributed by atoms with van der Waals surface area (Å²) in [5, 5.41) is 0. The van der Waals surface area contributed by atoms with Crippen molar-refractivity contribution in [2.45, 2.75) is 26.7 Å². The van der Waals surface area contributed by atoms with E-state index in [0.717, 1.165) is 12.0 Å². The van der Waals surface area contributed by atoms with Gasteiger partial charge in [-0.1, -0.05) is 12.2 Å². The van der Waals surface area contributed by atoms with Crippen molar-refractivity contribution in [3.05, 3.63) is 12.2 Å². The van der Waals surface area contributed by atoms with Crippen molar-refractivity contribution in [2.75, 3.05) is 19.8 Å². The predicted octanol–water partition coefficient (Wildman–Crippen LogP) is 2.10. The zero-order chi connectivity index (χ0) is 12.0. The lowest BCUT2D eigenvalue weighted by molar-refractivity contribution is -0.299. The van der Waals surface area contributed by atoms with E-state index in [1.54, 1.807) is 0 Å². The van der Waals surface area contributed by atoms with Crippen LogP contribution in [0.25, 0.3) is 0 Å². The second-order valence-corrected chi connectivity index (χ2v) is 3.97. The minimum Gasteiger partial charge on any atom is -0.466 e. The number of hydrogen-bond donors (Lipinski definition) is 0. The monoisotopic (exact) mass is 228 g/mol. The third kappa shape index (κ3) is 3.61. The molecule has 0 aromatic heterocycles. The highest BCUT2D eigenvalue weighted by atomic mass is 17.2. The van der Waals surface area contributed by atoms with Gasteiger partial charge in [-0.05, 0) is 26.7 Å². The smallest absolute Gasteiger partial charge is 0.309 e. The van der Waals surface area contributed by atoms with Crippen molar-refractivity contribution in [2.24, 2.45) is 11.8 Å². The van der Waals surface area contributed by atoms with E-state index in [1.807, 2.05) is 13.8 Å². The fraction of sp³-hybridized carbons (Fsp3) is 0.750. The lowest BCUT2D eigenvalue weighted by atomic mass is 9.97. The van der Waals surface area contributed by atoms with Gasteiger partial charge in [-0.2, -0.15) is 0 Å². The van der Waals surface area contributed by atoms with Crippen LogP contribution in [-0.2, 0) is 19.3 Å². The van der Waals surface area contributed by atoms with E-state index in [4.69, 9.17) is 14.5 Å². The summed E-state index contributed by atoms with van der Waals surface area (Å²) in [4.78, 5) is 21.5. The van der Waals surface area contributed by atoms with E-state index in [2.05, 4.69) is 6.58 Å². The van der Waals surface area contributed by atoms with Crippen LogP contribution >= 0.6 is 0 Å². The molecule has 0 aromatic rings. The molecule has 1 saturated carbocycles. The zero-order valence-corrected chi connectivity index (χ0v) is 10.0. The molecular formula is C12H20O4. The topological polar surface area (TPSA) is 44.8 Å². The average Bonchev–Trinajstić information content (AvgIpc) is 2.61. The SMILES string of the molecule is C=C1C[C@H](COOCC)[C@@H](C(=O)OCC)C1. The van der Waals surface area contributed by atoms with Gasteiger partial charge in [-0.25, -0.2) is 9.78 Å². The Bertz CT molecular complexity index is 249. The average molecular weight is 228 g/mol. The second-order valence-electron chi connectivity index (χ2n) is 3.97. The first-order valence-corrected chi connectivity index (χ1v) is 5.76. The van der Waals surface area contributed by atoms with Gasteiger partial charge in [0, 0.05) is 5.92 Å². The van der Waals surface area contributed by atoms with Gasteiger partial charge in [0.25, 0.3) is 0 Å². The molecule has 16 heavy (non-hydrogen) atoms. The first-order chi connectivity index (χ1) is 7.69. The molecule has 0 spiro atoms. The van der Waals surface area contributed by atoms with Crippen LogP contribution < -0.4 is 0 Å². The number of allylic oxidation sites excluding steroid dienone is 1. The van der Waals surface area contributed by atoms with E-state index in [1.165, 1.54) is 0 Å². The molecule has 1 aliphatic carbocycles. The largest absolute Gasteiger partial charge is 0.466 e. The van der Waals surface area contributed by atoms with Crippen molar-refractivity contribution in [1.82, 2.24) is 0 Å². The van der Waals surface area contributed by atoms with Gasteiger partial charge < -0.3 is 4.74 Å². The van der Waals surface area contributed by atoms with Crippen LogP contribution in [0.1, 0.15) is 26.7 Å². The lowest BCUT2D eigenvalue weighted by Crippen LogP contribution is -2.24. The molecule has 0 radical (unpaired) electrons. The Labute approximate surface area is 96.5 Å². The predicted molar refractivity (Wildman–Crippen MR) is 59.6 cm³/mol. The van der Waals surface area contributed by atoms with Gasteiger partial charge in [0.15, 0.2) is 0 Å². The molecule has 1 fully saturated rings. The van der Waals surface area contributed by atoms with Gasteiger partial charge >= 0.3 is 5.97 Å². The second kappa shape index (κ2) is 6.66. The van der Waals surface area contributed by atoms with E-state index in [-0.39, 0.29) is 17.8 Å². The summed E-state index contributed by atoms with van der Waals surface area (Å²) in [6.07, 6.45) is 1.52. The molecule has 0 aromatic carbocycles. The molecule has 0 heterocycles. The third-order valence-electron chi connectivity index (χ3n) is 2.70. The highest BCUT2D eigenvalue weighted by Crippen LogP contribution is 2.36. The number of carbonyl (C=O) groups is 1. The summed E-state index contributed by atoms with van der Waals surface area (Å²) < 4.78 is 5.03. The number of carbonyl (C=O) groups excluding carboxylic acids is 1. The zero-order valence-electron chi connectivity index (χ0n) is 10.0. The van der Waals surface area contributed by atoms with Crippen LogP contribution in [-0.4, -0.2) is 25.8 Å². The molecule has 4 nitrogen and oxygen atoms in total. The van der Waals surface area contributed by atoms with E-state index < -0.39 is 0 Å². The summed E-state index contributed by atoms with van der Waals surface area (Å²) >= 11 is 0. The van der Waals surface area contributed by atoms with Crippen LogP contribution in [0, 0.1) is 11.8 Å². The Morgan fingerprint density at radius 3 is 2.69 bits per heavy atom. The summed E-state index contributed by atoms with van der Waals surface area (Å²) in [6, 6.07) is 0. The number of rotatable bonds is 6. The van der Waals surface area contributed by atoms with Crippen molar-refractivity contribution in [3.63, 3.8) is 0 Å². The molecule has 0 unspecified atom stereocenters. The van der Waals surface area contributed by atoms with Gasteiger partial charge in [0.2, 0.25) is 0 Å². The van der Waals surface area contributed by atoms with Gasteiger partial charge in [-0.15, -0.1) is 0 Å². The normalized spacial score (nSPS) is 24.8. The quantitative estimate of drug-likeness (QED) is 0.229. The molecule has 4 heteroatoms. The summed E-state index contributed by atoms with van der Waals surface area (Å²) in [7, 11) is 0. The molecule has 1 rings (SSSR count).